The zero-order valence-corrected chi connectivity index (χ0v) is 11.9. The Bertz CT molecular complexity index is 632. The maximum absolute atomic E-state index is 11.3. The SMILES string of the molecule is Cc1nn(-c2cc(Br)ccc2C(=O)O)c(C)c1C. The molecule has 2 aromatic rings. The number of benzene rings is 1. The van der Waals surface area contributed by atoms with Crippen LogP contribution in [0.3, 0.4) is 0 Å². The molecular formula is C13H13BrN2O2. The van der Waals surface area contributed by atoms with Crippen molar-refractivity contribution in [3.05, 3.63) is 45.2 Å². The van der Waals surface area contributed by atoms with Gasteiger partial charge in [0.25, 0.3) is 0 Å². The molecule has 0 fully saturated rings. The molecule has 0 saturated heterocycles. The van der Waals surface area contributed by atoms with Crippen LogP contribution in [0.4, 0.5) is 0 Å². The number of hydrogen-bond acceptors (Lipinski definition) is 2. The van der Waals surface area contributed by atoms with Gasteiger partial charge in [-0.3, -0.25) is 0 Å². The molecule has 1 heterocycles. The molecule has 0 radical (unpaired) electrons. The first kappa shape index (κ1) is 12.8. The van der Waals surface area contributed by atoms with Crippen LogP contribution in [0.25, 0.3) is 5.69 Å². The first-order valence-electron chi connectivity index (χ1n) is 5.48. The van der Waals surface area contributed by atoms with Crippen molar-refractivity contribution in [3.63, 3.8) is 0 Å². The van der Waals surface area contributed by atoms with Crippen molar-refractivity contribution in [1.29, 1.82) is 0 Å². The third kappa shape index (κ3) is 2.06. The van der Waals surface area contributed by atoms with Crippen LogP contribution >= 0.6 is 15.9 Å². The van der Waals surface area contributed by atoms with Crippen LogP contribution in [-0.4, -0.2) is 20.9 Å². The van der Waals surface area contributed by atoms with Crippen LogP contribution in [0.5, 0.6) is 0 Å². The Kier molecular flexibility index (Phi) is 3.26. The van der Waals surface area contributed by atoms with E-state index in [2.05, 4.69) is 21.0 Å². The average Bonchev–Trinajstić information content (AvgIpc) is 2.56. The summed E-state index contributed by atoms with van der Waals surface area (Å²) in [7, 11) is 0. The molecule has 0 atom stereocenters. The van der Waals surface area contributed by atoms with Gasteiger partial charge >= 0.3 is 5.97 Å². The van der Waals surface area contributed by atoms with Gasteiger partial charge in [0.05, 0.1) is 16.9 Å². The fourth-order valence-corrected chi connectivity index (χ4v) is 2.17. The van der Waals surface area contributed by atoms with E-state index >= 15 is 0 Å². The highest BCUT2D eigenvalue weighted by Crippen LogP contribution is 2.23. The molecule has 0 aliphatic rings. The Morgan fingerprint density at radius 1 is 1.33 bits per heavy atom. The van der Waals surface area contributed by atoms with E-state index in [0.29, 0.717) is 5.69 Å². The highest BCUT2D eigenvalue weighted by molar-refractivity contribution is 9.10. The zero-order chi connectivity index (χ0) is 13.4. The Morgan fingerprint density at radius 3 is 2.50 bits per heavy atom. The fraction of sp³-hybridized carbons (Fsp3) is 0.231. The van der Waals surface area contributed by atoms with Crippen LogP contribution in [0.15, 0.2) is 22.7 Å². The Labute approximate surface area is 113 Å². The lowest BCUT2D eigenvalue weighted by Crippen LogP contribution is -2.08. The van der Waals surface area contributed by atoms with Crippen molar-refractivity contribution < 1.29 is 9.90 Å². The summed E-state index contributed by atoms with van der Waals surface area (Å²) < 4.78 is 2.51. The van der Waals surface area contributed by atoms with Crippen molar-refractivity contribution in [2.45, 2.75) is 20.8 Å². The van der Waals surface area contributed by atoms with Crippen molar-refractivity contribution in [2.24, 2.45) is 0 Å². The summed E-state index contributed by atoms with van der Waals surface area (Å²) in [5, 5.41) is 13.6. The summed E-state index contributed by atoms with van der Waals surface area (Å²) in [6.45, 7) is 5.83. The van der Waals surface area contributed by atoms with Gasteiger partial charge in [-0.2, -0.15) is 5.10 Å². The highest BCUT2D eigenvalue weighted by atomic mass is 79.9. The van der Waals surface area contributed by atoms with E-state index in [9.17, 15) is 9.90 Å². The molecule has 4 nitrogen and oxygen atoms in total. The molecule has 0 spiro atoms. The predicted molar refractivity (Wildman–Crippen MR) is 72.4 cm³/mol. The number of hydrogen-bond donors (Lipinski definition) is 1. The van der Waals surface area contributed by atoms with E-state index in [1.807, 2.05) is 20.8 Å². The number of aromatic carboxylic acids is 1. The third-order valence-electron chi connectivity index (χ3n) is 3.07. The topological polar surface area (TPSA) is 55.1 Å². The van der Waals surface area contributed by atoms with Gasteiger partial charge in [0.2, 0.25) is 0 Å². The second-order valence-corrected chi connectivity index (χ2v) is 5.09. The van der Waals surface area contributed by atoms with E-state index in [4.69, 9.17) is 0 Å². The predicted octanol–water partition coefficient (Wildman–Crippen LogP) is 3.26. The van der Waals surface area contributed by atoms with Crippen LogP contribution in [-0.2, 0) is 0 Å². The lowest BCUT2D eigenvalue weighted by atomic mass is 10.1. The largest absolute Gasteiger partial charge is 0.478 e. The molecule has 0 amide bonds. The minimum absolute atomic E-state index is 0.240. The molecule has 94 valence electrons. The Hall–Kier alpha value is -1.62. The van der Waals surface area contributed by atoms with Gasteiger partial charge in [-0.05, 0) is 44.5 Å². The summed E-state index contributed by atoms with van der Waals surface area (Å²) in [5.41, 5.74) is 3.75. The molecule has 0 saturated carbocycles. The fourth-order valence-electron chi connectivity index (χ4n) is 1.82. The molecule has 5 heteroatoms. The van der Waals surface area contributed by atoms with Gasteiger partial charge in [-0.15, -0.1) is 0 Å². The Balaban J connectivity index is 2.73. The summed E-state index contributed by atoms with van der Waals surface area (Å²) in [6.07, 6.45) is 0. The summed E-state index contributed by atoms with van der Waals surface area (Å²) in [6, 6.07) is 5.06. The normalized spacial score (nSPS) is 10.7. The monoisotopic (exact) mass is 308 g/mol. The highest BCUT2D eigenvalue weighted by Gasteiger charge is 2.16. The smallest absolute Gasteiger partial charge is 0.337 e. The molecule has 0 aliphatic heterocycles. The van der Waals surface area contributed by atoms with Crippen molar-refractivity contribution in [1.82, 2.24) is 9.78 Å². The lowest BCUT2D eigenvalue weighted by molar-refractivity contribution is 0.0696. The average molecular weight is 309 g/mol. The number of aryl methyl sites for hydroxylation is 1. The van der Waals surface area contributed by atoms with Crippen LogP contribution in [0.2, 0.25) is 0 Å². The first-order chi connectivity index (χ1) is 8.41. The molecule has 0 bridgehead atoms. The third-order valence-corrected chi connectivity index (χ3v) is 3.56. The second kappa shape index (κ2) is 4.57. The number of carbonyl (C=O) groups is 1. The minimum atomic E-state index is -0.956. The summed E-state index contributed by atoms with van der Waals surface area (Å²) >= 11 is 3.36. The van der Waals surface area contributed by atoms with E-state index < -0.39 is 5.97 Å². The first-order valence-corrected chi connectivity index (χ1v) is 6.27. The number of carboxylic acids is 1. The van der Waals surface area contributed by atoms with E-state index in [0.717, 1.165) is 21.4 Å². The van der Waals surface area contributed by atoms with E-state index in [1.54, 1.807) is 22.9 Å². The molecule has 1 N–H and O–H groups in total. The van der Waals surface area contributed by atoms with Gasteiger partial charge in [0.1, 0.15) is 0 Å². The van der Waals surface area contributed by atoms with Gasteiger partial charge in [-0.25, -0.2) is 9.48 Å². The number of carboxylic acid groups (broad SMARTS) is 1. The van der Waals surface area contributed by atoms with Crippen LogP contribution in [0, 0.1) is 20.8 Å². The van der Waals surface area contributed by atoms with E-state index in [-0.39, 0.29) is 5.56 Å². The molecule has 0 aliphatic carbocycles. The van der Waals surface area contributed by atoms with E-state index in [1.165, 1.54) is 0 Å². The summed E-state index contributed by atoms with van der Waals surface area (Å²) in [4.78, 5) is 11.3. The minimum Gasteiger partial charge on any atom is -0.478 e. The van der Waals surface area contributed by atoms with Crippen molar-refractivity contribution in [3.8, 4) is 5.69 Å². The Morgan fingerprint density at radius 2 is 2.00 bits per heavy atom. The van der Waals surface area contributed by atoms with Crippen LogP contribution < -0.4 is 0 Å². The summed E-state index contributed by atoms with van der Waals surface area (Å²) in [5.74, 6) is -0.956. The zero-order valence-electron chi connectivity index (χ0n) is 10.4. The standard InChI is InChI=1S/C13H13BrN2O2/c1-7-8(2)15-16(9(7)3)12-6-10(14)4-5-11(12)13(17)18/h4-6H,1-3H3,(H,17,18). The lowest BCUT2D eigenvalue weighted by Gasteiger charge is -2.09. The maximum Gasteiger partial charge on any atom is 0.337 e. The number of halogens is 1. The molecule has 2 rings (SSSR count). The van der Waals surface area contributed by atoms with Gasteiger partial charge in [-0.1, -0.05) is 15.9 Å². The van der Waals surface area contributed by atoms with Crippen LogP contribution in [0.1, 0.15) is 27.3 Å². The quantitative estimate of drug-likeness (QED) is 0.926. The maximum atomic E-state index is 11.3. The van der Waals surface area contributed by atoms with Gasteiger partial charge < -0.3 is 5.11 Å². The van der Waals surface area contributed by atoms with Crippen molar-refractivity contribution in [2.75, 3.05) is 0 Å². The number of aromatic nitrogens is 2. The number of rotatable bonds is 2. The van der Waals surface area contributed by atoms with Crippen molar-refractivity contribution >= 4 is 21.9 Å². The second-order valence-electron chi connectivity index (χ2n) is 4.17. The van der Waals surface area contributed by atoms with Gasteiger partial charge in [0.15, 0.2) is 0 Å². The van der Waals surface area contributed by atoms with Gasteiger partial charge in [0, 0.05) is 10.2 Å². The molecule has 1 aromatic carbocycles. The number of nitrogens with zero attached hydrogens (tertiary/aromatic N) is 2. The molecule has 18 heavy (non-hydrogen) atoms. The molecule has 0 unspecified atom stereocenters. The molecular weight excluding hydrogens is 296 g/mol. The molecule has 1 aromatic heterocycles.